The molecule has 2 heterocycles. The first kappa shape index (κ1) is 19.4. The summed E-state index contributed by atoms with van der Waals surface area (Å²) in [5, 5.41) is 6.16. The molecule has 30 heavy (non-hydrogen) atoms. The number of nitrogens with zero attached hydrogens (tertiary/aromatic N) is 3. The largest absolute Gasteiger partial charge is 0.366 e. The lowest BCUT2D eigenvalue weighted by atomic mass is 10.1. The predicted octanol–water partition coefficient (Wildman–Crippen LogP) is 3.09. The van der Waals surface area contributed by atoms with Crippen molar-refractivity contribution in [2.75, 3.05) is 22.1 Å². The van der Waals surface area contributed by atoms with Gasteiger partial charge in [-0.05, 0) is 60.9 Å². The summed E-state index contributed by atoms with van der Waals surface area (Å²) < 4.78 is 0. The zero-order valence-corrected chi connectivity index (χ0v) is 16.6. The number of anilines is 3. The number of hydrogen-bond donors (Lipinski definition) is 3. The van der Waals surface area contributed by atoms with Gasteiger partial charge < -0.3 is 16.4 Å². The molecule has 4 rings (SSSR count). The molecule has 3 aromatic rings. The van der Waals surface area contributed by atoms with Crippen molar-refractivity contribution in [1.82, 2.24) is 9.97 Å². The summed E-state index contributed by atoms with van der Waals surface area (Å²) in [4.78, 5) is 34.1. The molecule has 2 aromatic carbocycles. The molecule has 3 amide bonds. The molecule has 8 heteroatoms. The van der Waals surface area contributed by atoms with Gasteiger partial charge in [0.15, 0.2) is 0 Å². The van der Waals surface area contributed by atoms with Crippen LogP contribution in [0.5, 0.6) is 0 Å². The van der Waals surface area contributed by atoms with Crippen LogP contribution in [-0.2, 0) is 13.0 Å². The van der Waals surface area contributed by atoms with E-state index >= 15 is 0 Å². The number of hydrogen-bond acceptors (Lipinski definition) is 5. The van der Waals surface area contributed by atoms with Gasteiger partial charge in [-0.25, -0.2) is 14.8 Å². The number of benzene rings is 2. The molecule has 8 nitrogen and oxygen atoms in total. The number of rotatable bonds is 5. The van der Waals surface area contributed by atoms with Crippen LogP contribution in [0.1, 0.15) is 27.3 Å². The maximum absolute atomic E-state index is 12.7. The number of carbonyl (C=O) groups excluding carboxylic acids is 2. The second-order valence-electron chi connectivity index (χ2n) is 7.08. The van der Waals surface area contributed by atoms with Gasteiger partial charge in [0.05, 0.1) is 0 Å². The number of aryl methyl sites for hydroxylation is 1. The number of nitrogens with two attached hydrogens (primary N) is 1. The molecule has 152 valence electrons. The number of nitrogens with one attached hydrogen (secondary N) is 2. The zero-order valence-electron chi connectivity index (χ0n) is 16.6. The fourth-order valence-electron chi connectivity index (χ4n) is 3.48. The minimum atomic E-state index is -0.465. The van der Waals surface area contributed by atoms with Gasteiger partial charge in [-0.2, -0.15) is 0 Å². The molecule has 0 saturated carbocycles. The molecule has 0 atom stereocenters. The second-order valence-corrected chi connectivity index (χ2v) is 7.08. The topological polar surface area (TPSA) is 113 Å². The molecule has 0 saturated heterocycles. The number of fused-ring (bicyclic) bond motifs is 1. The lowest BCUT2D eigenvalue weighted by molar-refractivity contribution is 0.102. The van der Waals surface area contributed by atoms with E-state index in [1.165, 1.54) is 4.90 Å². The fourth-order valence-corrected chi connectivity index (χ4v) is 3.48. The second kappa shape index (κ2) is 8.20. The van der Waals surface area contributed by atoms with Crippen molar-refractivity contribution >= 4 is 29.1 Å². The van der Waals surface area contributed by atoms with E-state index in [1.807, 2.05) is 37.3 Å². The quantitative estimate of drug-likeness (QED) is 0.607. The molecule has 4 N–H and O–H groups in total. The third-order valence-corrected chi connectivity index (χ3v) is 4.94. The molecule has 0 fully saturated rings. The summed E-state index contributed by atoms with van der Waals surface area (Å²) in [7, 11) is 0. The van der Waals surface area contributed by atoms with Crippen LogP contribution in [0.25, 0.3) is 0 Å². The van der Waals surface area contributed by atoms with Crippen molar-refractivity contribution in [3.8, 4) is 0 Å². The fraction of sp³-hybridized carbons (Fsp3) is 0.182. The third-order valence-electron chi connectivity index (χ3n) is 4.94. The highest BCUT2D eigenvalue weighted by Crippen LogP contribution is 2.30. The van der Waals surface area contributed by atoms with E-state index in [-0.39, 0.29) is 5.91 Å². The Morgan fingerprint density at radius 2 is 2.03 bits per heavy atom. The SMILES string of the molecule is Cc1nccc(NCc2cccc(C(=O)Nc3ccc4c(c3)CCN4C(N)=O)c2)n1. The van der Waals surface area contributed by atoms with Crippen molar-refractivity contribution in [2.24, 2.45) is 5.73 Å². The molecule has 0 bridgehead atoms. The molecule has 0 aliphatic carbocycles. The highest BCUT2D eigenvalue weighted by molar-refractivity contribution is 6.04. The zero-order chi connectivity index (χ0) is 21.1. The number of urea groups is 1. The Hall–Kier alpha value is -3.94. The van der Waals surface area contributed by atoms with Gasteiger partial charge in [-0.1, -0.05) is 12.1 Å². The molecule has 1 aliphatic heterocycles. The van der Waals surface area contributed by atoms with E-state index in [2.05, 4.69) is 20.6 Å². The molecule has 1 aromatic heterocycles. The Morgan fingerprint density at radius 3 is 2.83 bits per heavy atom. The third kappa shape index (κ3) is 4.22. The minimum Gasteiger partial charge on any atom is -0.366 e. The van der Waals surface area contributed by atoms with E-state index in [0.717, 1.165) is 22.6 Å². The first-order valence-corrected chi connectivity index (χ1v) is 9.63. The van der Waals surface area contributed by atoms with Gasteiger partial charge >= 0.3 is 6.03 Å². The van der Waals surface area contributed by atoms with Gasteiger partial charge in [-0.3, -0.25) is 9.69 Å². The Kier molecular flexibility index (Phi) is 5.30. The standard InChI is InChI=1S/C22H22N6O2/c1-14-24-9-7-20(26-14)25-13-15-3-2-4-17(11-15)21(29)27-18-5-6-19-16(12-18)8-10-28(19)22(23)30/h2-7,9,11-12H,8,10,13H2,1H3,(H2,23,30)(H,27,29)(H,24,25,26). The molecule has 1 aliphatic rings. The van der Waals surface area contributed by atoms with Crippen molar-refractivity contribution < 1.29 is 9.59 Å². The molecular weight excluding hydrogens is 380 g/mol. The monoisotopic (exact) mass is 402 g/mol. The van der Waals surface area contributed by atoms with Crippen LogP contribution in [0.4, 0.5) is 22.0 Å². The summed E-state index contributed by atoms with van der Waals surface area (Å²) in [5.41, 5.74) is 9.40. The Labute approximate surface area is 174 Å². The summed E-state index contributed by atoms with van der Waals surface area (Å²) in [6.45, 7) is 2.93. The van der Waals surface area contributed by atoms with Crippen LogP contribution in [0.15, 0.2) is 54.7 Å². The van der Waals surface area contributed by atoms with Gasteiger partial charge in [0.2, 0.25) is 0 Å². The van der Waals surface area contributed by atoms with Gasteiger partial charge in [-0.15, -0.1) is 0 Å². The maximum Gasteiger partial charge on any atom is 0.319 e. The summed E-state index contributed by atoms with van der Waals surface area (Å²) >= 11 is 0. The van der Waals surface area contributed by atoms with Crippen LogP contribution in [0, 0.1) is 6.92 Å². The highest BCUT2D eigenvalue weighted by atomic mass is 16.2. The number of carbonyl (C=O) groups is 2. The van der Waals surface area contributed by atoms with Crippen LogP contribution in [0.2, 0.25) is 0 Å². The molecule has 0 radical (unpaired) electrons. The Bertz CT molecular complexity index is 1110. The number of primary amides is 1. The van der Waals surface area contributed by atoms with Gasteiger partial charge in [0.25, 0.3) is 5.91 Å². The summed E-state index contributed by atoms with van der Waals surface area (Å²) in [5.74, 6) is 1.24. The van der Waals surface area contributed by atoms with Crippen molar-refractivity contribution in [3.05, 3.63) is 77.2 Å². The van der Waals surface area contributed by atoms with Gasteiger partial charge in [0, 0.05) is 36.2 Å². The summed E-state index contributed by atoms with van der Waals surface area (Å²) in [6.07, 6.45) is 2.42. The average molecular weight is 402 g/mol. The van der Waals surface area contributed by atoms with Crippen LogP contribution < -0.4 is 21.3 Å². The first-order chi connectivity index (χ1) is 14.5. The Morgan fingerprint density at radius 1 is 1.17 bits per heavy atom. The minimum absolute atomic E-state index is 0.195. The van der Waals surface area contributed by atoms with E-state index in [1.54, 1.807) is 24.4 Å². The Balaban J connectivity index is 1.43. The average Bonchev–Trinajstić information content (AvgIpc) is 3.16. The number of amides is 3. The van der Waals surface area contributed by atoms with Crippen LogP contribution in [-0.4, -0.2) is 28.5 Å². The number of aromatic nitrogens is 2. The van der Waals surface area contributed by atoms with E-state index in [4.69, 9.17) is 5.73 Å². The first-order valence-electron chi connectivity index (χ1n) is 9.63. The van der Waals surface area contributed by atoms with Crippen LogP contribution >= 0.6 is 0 Å². The predicted molar refractivity (Wildman–Crippen MR) is 116 cm³/mol. The molecular formula is C22H22N6O2. The van der Waals surface area contributed by atoms with E-state index in [0.29, 0.717) is 36.6 Å². The lowest BCUT2D eigenvalue weighted by Crippen LogP contribution is -2.33. The van der Waals surface area contributed by atoms with Crippen LogP contribution in [0.3, 0.4) is 0 Å². The van der Waals surface area contributed by atoms with E-state index < -0.39 is 6.03 Å². The van der Waals surface area contributed by atoms with Crippen molar-refractivity contribution in [3.63, 3.8) is 0 Å². The van der Waals surface area contributed by atoms with Crippen molar-refractivity contribution in [1.29, 1.82) is 0 Å². The van der Waals surface area contributed by atoms with Crippen molar-refractivity contribution in [2.45, 2.75) is 19.9 Å². The molecule has 0 unspecified atom stereocenters. The maximum atomic E-state index is 12.7. The van der Waals surface area contributed by atoms with E-state index in [9.17, 15) is 9.59 Å². The molecule has 0 spiro atoms. The summed E-state index contributed by atoms with van der Waals surface area (Å²) in [6, 6.07) is 14.2. The van der Waals surface area contributed by atoms with Gasteiger partial charge in [0.1, 0.15) is 11.6 Å². The lowest BCUT2D eigenvalue weighted by Gasteiger charge is -2.14. The normalized spacial score (nSPS) is 12.4. The highest BCUT2D eigenvalue weighted by Gasteiger charge is 2.23. The smallest absolute Gasteiger partial charge is 0.319 e.